The zero-order valence-electron chi connectivity index (χ0n) is 12.8. The van der Waals surface area contributed by atoms with Crippen LogP contribution in [0.25, 0.3) is 0 Å². The van der Waals surface area contributed by atoms with Gasteiger partial charge in [-0.15, -0.1) is 0 Å². The second-order valence-corrected chi connectivity index (χ2v) is 6.05. The summed E-state index contributed by atoms with van der Waals surface area (Å²) in [6, 6.07) is 15.8. The number of hydrogen-bond donors (Lipinski definition) is 1. The normalized spacial score (nSPS) is 18.0. The third kappa shape index (κ3) is 2.86. The maximum absolute atomic E-state index is 4.27. The summed E-state index contributed by atoms with van der Waals surface area (Å²) in [5.74, 6) is 0. The largest absolute Gasteiger partial charge is 0.313 e. The van der Waals surface area contributed by atoms with Crippen LogP contribution in [-0.4, -0.2) is 17.6 Å². The molecule has 1 heterocycles. The van der Waals surface area contributed by atoms with Gasteiger partial charge in [-0.25, -0.2) is 0 Å². The molecule has 0 amide bonds. The van der Waals surface area contributed by atoms with Crippen molar-refractivity contribution in [2.45, 2.75) is 44.1 Å². The van der Waals surface area contributed by atoms with Crippen LogP contribution in [0.3, 0.4) is 0 Å². The van der Waals surface area contributed by atoms with Crippen LogP contribution in [-0.2, 0) is 11.8 Å². The lowest BCUT2D eigenvalue weighted by atomic mass is 9.59. The standard InChI is InChI=1S/C19H24N2/c1-2-21-18(14-16-8-6-13-20-15-16)19(11-7-12-19)17-9-4-3-5-10-17/h3-6,8-10,13,15,18,21H,2,7,11-12,14H2,1H3. The number of hydrogen-bond acceptors (Lipinski definition) is 2. The predicted molar refractivity (Wildman–Crippen MR) is 87.4 cm³/mol. The lowest BCUT2D eigenvalue weighted by molar-refractivity contribution is 0.169. The lowest BCUT2D eigenvalue weighted by Gasteiger charge is -2.49. The molecule has 0 bridgehead atoms. The Kier molecular flexibility index (Phi) is 4.35. The number of pyridine rings is 1. The van der Waals surface area contributed by atoms with Gasteiger partial charge in [-0.2, -0.15) is 0 Å². The molecule has 1 aliphatic carbocycles. The van der Waals surface area contributed by atoms with E-state index in [1.165, 1.54) is 30.4 Å². The Bertz CT molecular complexity index is 546. The van der Waals surface area contributed by atoms with Crippen LogP contribution < -0.4 is 5.32 Å². The van der Waals surface area contributed by atoms with E-state index in [4.69, 9.17) is 0 Å². The van der Waals surface area contributed by atoms with Gasteiger partial charge in [0.2, 0.25) is 0 Å². The maximum Gasteiger partial charge on any atom is 0.0300 e. The Balaban J connectivity index is 1.88. The Morgan fingerprint density at radius 3 is 2.52 bits per heavy atom. The minimum absolute atomic E-state index is 0.299. The Labute approximate surface area is 127 Å². The first kappa shape index (κ1) is 14.3. The summed E-state index contributed by atoms with van der Waals surface area (Å²) in [6.07, 6.45) is 8.81. The quantitative estimate of drug-likeness (QED) is 0.872. The Hall–Kier alpha value is -1.67. The summed E-state index contributed by atoms with van der Waals surface area (Å²) < 4.78 is 0. The molecule has 0 spiro atoms. The molecule has 3 rings (SSSR count). The molecule has 21 heavy (non-hydrogen) atoms. The van der Waals surface area contributed by atoms with Crippen molar-refractivity contribution >= 4 is 0 Å². The molecule has 0 aliphatic heterocycles. The first-order chi connectivity index (χ1) is 10.3. The second-order valence-electron chi connectivity index (χ2n) is 6.05. The monoisotopic (exact) mass is 280 g/mol. The number of benzene rings is 1. The van der Waals surface area contributed by atoms with Crippen LogP contribution in [0.15, 0.2) is 54.9 Å². The van der Waals surface area contributed by atoms with Crippen molar-refractivity contribution in [1.29, 1.82) is 0 Å². The maximum atomic E-state index is 4.27. The van der Waals surface area contributed by atoms with Gasteiger partial charge >= 0.3 is 0 Å². The summed E-state index contributed by atoms with van der Waals surface area (Å²) in [6.45, 7) is 3.22. The highest BCUT2D eigenvalue weighted by Gasteiger charge is 2.44. The molecule has 2 aromatic rings. The van der Waals surface area contributed by atoms with Gasteiger partial charge in [-0.1, -0.05) is 49.7 Å². The molecule has 2 nitrogen and oxygen atoms in total. The molecule has 1 atom stereocenters. The number of aromatic nitrogens is 1. The SMILES string of the molecule is CCNC(Cc1cccnc1)C1(c2ccccc2)CCC1. The highest BCUT2D eigenvalue weighted by molar-refractivity contribution is 5.32. The topological polar surface area (TPSA) is 24.9 Å². The van der Waals surface area contributed by atoms with Gasteiger partial charge < -0.3 is 5.32 Å². The first-order valence-electron chi connectivity index (χ1n) is 8.03. The van der Waals surface area contributed by atoms with Gasteiger partial charge in [0.15, 0.2) is 0 Å². The van der Waals surface area contributed by atoms with Gasteiger partial charge in [0.1, 0.15) is 0 Å². The molecular formula is C19H24N2. The molecule has 1 aliphatic rings. The van der Waals surface area contributed by atoms with Crippen LogP contribution in [0, 0.1) is 0 Å². The van der Waals surface area contributed by atoms with E-state index in [2.05, 4.69) is 53.6 Å². The number of nitrogens with one attached hydrogen (secondary N) is 1. The zero-order chi connectivity index (χ0) is 14.5. The van der Waals surface area contributed by atoms with Crippen LogP contribution >= 0.6 is 0 Å². The van der Waals surface area contributed by atoms with Crippen molar-refractivity contribution in [3.8, 4) is 0 Å². The van der Waals surface area contributed by atoms with Gasteiger partial charge in [-0.3, -0.25) is 4.98 Å². The van der Waals surface area contributed by atoms with Crippen LogP contribution in [0.4, 0.5) is 0 Å². The van der Waals surface area contributed by atoms with Crippen LogP contribution in [0.1, 0.15) is 37.3 Å². The van der Waals surface area contributed by atoms with Crippen molar-refractivity contribution in [3.05, 3.63) is 66.0 Å². The minimum atomic E-state index is 0.299. The fraction of sp³-hybridized carbons (Fsp3) is 0.421. The van der Waals surface area contributed by atoms with E-state index in [-0.39, 0.29) is 0 Å². The summed E-state index contributed by atoms with van der Waals surface area (Å²) in [7, 11) is 0. The minimum Gasteiger partial charge on any atom is -0.313 e. The van der Waals surface area contributed by atoms with Crippen LogP contribution in [0.2, 0.25) is 0 Å². The van der Waals surface area contributed by atoms with Crippen molar-refractivity contribution < 1.29 is 0 Å². The van der Waals surface area contributed by atoms with E-state index in [1.807, 2.05) is 18.5 Å². The van der Waals surface area contributed by atoms with E-state index in [0.29, 0.717) is 11.5 Å². The third-order valence-corrected chi connectivity index (χ3v) is 4.87. The number of likely N-dealkylation sites (N-methyl/N-ethyl adjacent to an activating group) is 1. The Morgan fingerprint density at radius 1 is 1.14 bits per heavy atom. The average molecular weight is 280 g/mol. The smallest absolute Gasteiger partial charge is 0.0300 e. The first-order valence-corrected chi connectivity index (χ1v) is 8.03. The molecule has 0 radical (unpaired) electrons. The van der Waals surface area contributed by atoms with Gasteiger partial charge in [0.05, 0.1) is 0 Å². The van der Waals surface area contributed by atoms with Crippen molar-refractivity contribution in [3.63, 3.8) is 0 Å². The number of nitrogens with zero attached hydrogens (tertiary/aromatic N) is 1. The van der Waals surface area contributed by atoms with E-state index in [1.54, 1.807) is 0 Å². The highest BCUT2D eigenvalue weighted by Crippen LogP contribution is 2.47. The molecule has 1 fully saturated rings. The Morgan fingerprint density at radius 2 is 1.95 bits per heavy atom. The summed E-state index contributed by atoms with van der Waals surface area (Å²) in [5, 5.41) is 3.74. The molecular weight excluding hydrogens is 256 g/mol. The molecule has 1 aromatic heterocycles. The molecule has 1 aromatic carbocycles. The van der Waals surface area contributed by atoms with E-state index >= 15 is 0 Å². The van der Waals surface area contributed by atoms with E-state index in [0.717, 1.165) is 13.0 Å². The summed E-state index contributed by atoms with van der Waals surface area (Å²) in [5.41, 5.74) is 3.12. The van der Waals surface area contributed by atoms with Crippen LogP contribution in [0.5, 0.6) is 0 Å². The van der Waals surface area contributed by atoms with Crippen molar-refractivity contribution in [2.24, 2.45) is 0 Å². The molecule has 2 heteroatoms. The second kappa shape index (κ2) is 6.40. The molecule has 1 N–H and O–H groups in total. The molecule has 1 unspecified atom stereocenters. The number of rotatable bonds is 6. The molecule has 1 saturated carbocycles. The van der Waals surface area contributed by atoms with Gasteiger partial charge in [-0.05, 0) is 43.0 Å². The lowest BCUT2D eigenvalue weighted by Crippen LogP contribution is -2.53. The fourth-order valence-corrected chi connectivity index (χ4v) is 3.63. The summed E-state index contributed by atoms with van der Waals surface area (Å²) >= 11 is 0. The van der Waals surface area contributed by atoms with Gasteiger partial charge in [0, 0.05) is 23.9 Å². The molecule has 110 valence electrons. The van der Waals surface area contributed by atoms with E-state index in [9.17, 15) is 0 Å². The summed E-state index contributed by atoms with van der Waals surface area (Å²) in [4.78, 5) is 4.27. The van der Waals surface area contributed by atoms with Crippen molar-refractivity contribution in [1.82, 2.24) is 10.3 Å². The predicted octanol–water partition coefficient (Wildman–Crippen LogP) is 3.72. The molecule has 0 saturated heterocycles. The average Bonchev–Trinajstić information content (AvgIpc) is 2.48. The van der Waals surface area contributed by atoms with Gasteiger partial charge in [0.25, 0.3) is 0 Å². The fourth-order valence-electron chi connectivity index (χ4n) is 3.63. The van der Waals surface area contributed by atoms with Crippen molar-refractivity contribution in [2.75, 3.05) is 6.54 Å². The highest BCUT2D eigenvalue weighted by atomic mass is 14.9. The zero-order valence-corrected chi connectivity index (χ0v) is 12.8. The third-order valence-electron chi connectivity index (χ3n) is 4.87. The van der Waals surface area contributed by atoms with E-state index < -0.39 is 0 Å².